The van der Waals surface area contributed by atoms with Gasteiger partial charge < -0.3 is 14.7 Å². The fraction of sp³-hybridized carbons (Fsp3) is 1.00. The van der Waals surface area contributed by atoms with Crippen LogP contribution in [0.2, 0.25) is 0 Å². The average molecular weight is 255 g/mol. The van der Waals surface area contributed by atoms with Crippen LogP contribution in [-0.4, -0.2) is 49.0 Å². The Morgan fingerprint density at radius 3 is 2.50 bits per heavy atom. The smallest absolute Gasteiger partial charge is 0.0718 e. The van der Waals surface area contributed by atoms with Crippen LogP contribution in [0, 0.1) is 11.8 Å². The number of aliphatic hydroxyl groups excluding tert-OH is 1. The highest BCUT2D eigenvalue weighted by atomic mass is 16.5. The lowest BCUT2D eigenvalue weighted by atomic mass is 9.84. The van der Waals surface area contributed by atoms with Crippen molar-refractivity contribution in [3.8, 4) is 0 Å². The summed E-state index contributed by atoms with van der Waals surface area (Å²) in [5.41, 5.74) is 0. The van der Waals surface area contributed by atoms with Gasteiger partial charge in [-0.15, -0.1) is 0 Å². The van der Waals surface area contributed by atoms with Crippen molar-refractivity contribution in [3.05, 3.63) is 0 Å². The second-order valence-corrected chi connectivity index (χ2v) is 6.21. The Labute approximate surface area is 112 Å². The molecule has 3 nitrogen and oxygen atoms in total. The highest BCUT2D eigenvalue weighted by molar-refractivity contribution is 4.81. The fourth-order valence-corrected chi connectivity index (χ4v) is 3.44. The van der Waals surface area contributed by atoms with E-state index >= 15 is 0 Å². The van der Waals surface area contributed by atoms with Gasteiger partial charge in [0.2, 0.25) is 0 Å². The van der Waals surface area contributed by atoms with Crippen LogP contribution in [0.3, 0.4) is 0 Å². The van der Waals surface area contributed by atoms with Crippen molar-refractivity contribution in [1.29, 1.82) is 0 Å². The molecule has 2 atom stereocenters. The third kappa shape index (κ3) is 3.69. The fourth-order valence-electron chi connectivity index (χ4n) is 3.44. The number of nitrogens with zero attached hydrogens (tertiary/aromatic N) is 1. The average Bonchev–Trinajstić information content (AvgIpc) is 2.92. The lowest BCUT2D eigenvalue weighted by molar-refractivity contribution is 0.0418. The molecule has 1 saturated carbocycles. The largest absolute Gasteiger partial charge is 0.391 e. The third-order valence-corrected chi connectivity index (χ3v) is 5.00. The molecular weight excluding hydrogens is 226 g/mol. The molecule has 106 valence electrons. The predicted octanol–water partition coefficient (Wildman–Crippen LogP) is 2.28. The molecule has 3 heteroatoms. The number of ether oxygens (including phenoxy) is 1. The summed E-state index contributed by atoms with van der Waals surface area (Å²) in [5, 5.41) is 10.2. The Morgan fingerprint density at radius 1 is 1.22 bits per heavy atom. The SMILES string of the molecule is CCC1CCC(N(C)CC(O)C2CCOC2)CC1. The molecule has 0 bridgehead atoms. The van der Waals surface area contributed by atoms with Crippen molar-refractivity contribution in [2.24, 2.45) is 11.8 Å². The zero-order valence-corrected chi connectivity index (χ0v) is 12.0. The minimum atomic E-state index is -0.207. The lowest BCUT2D eigenvalue weighted by Gasteiger charge is -2.36. The summed E-state index contributed by atoms with van der Waals surface area (Å²) < 4.78 is 5.36. The van der Waals surface area contributed by atoms with Crippen LogP contribution in [0.15, 0.2) is 0 Å². The van der Waals surface area contributed by atoms with Crippen molar-refractivity contribution in [2.45, 2.75) is 57.6 Å². The molecule has 2 aliphatic rings. The maximum atomic E-state index is 10.2. The standard InChI is InChI=1S/C15H29NO2/c1-3-12-4-6-14(7-5-12)16(2)10-15(17)13-8-9-18-11-13/h12-15,17H,3-11H2,1-2H3. The number of hydrogen-bond donors (Lipinski definition) is 1. The van der Waals surface area contributed by atoms with Crippen molar-refractivity contribution in [2.75, 3.05) is 26.8 Å². The zero-order chi connectivity index (χ0) is 13.0. The first kappa shape index (κ1) is 14.3. The lowest BCUT2D eigenvalue weighted by Crippen LogP contribution is -2.42. The topological polar surface area (TPSA) is 32.7 Å². The molecular formula is C15H29NO2. The summed E-state index contributed by atoms with van der Waals surface area (Å²) in [4.78, 5) is 2.38. The molecule has 2 unspecified atom stereocenters. The molecule has 0 spiro atoms. The molecule has 2 rings (SSSR count). The maximum absolute atomic E-state index is 10.2. The van der Waals surface area contributed by atoms with Gasteiger partial charge >= 0.3 is 0 Å². The first-order valence-electron chi connectivity index (χ1n) is 7.66. The molecule has 1 aliphatic carbocycles. The van der Waals surface area contributed by atoms with Gasteiger partial charge in [0.1, 0.15) is 0 Å². The first-order chi connectivity index (χ1) is 8.70. The number of aliphatic hydroxyl groups is 1. The molecule has 0 radical (unpaired) electrons. The van der Waals surface area contributed by atoms with Gasteiger partial charge in [0.15, 0.2) is 0 Å². The molecule has 1 N–H and O–H groups in total. The monoisotopic (exact) mass is 255 g/mol. The van der Waals surface area contributed by atoms with E-state index in [0.29, 0.717) is 12.0 Å². The first-order valence-corrected chi connectivity index (χ1v) is 7.66. The number of hydrogen-bond acceptors (Lipinski definition) is 3. The zero-order valence-electron chi connectivity index (χ0n) is 12.0. The molecule has 1 saturated heterocycles. The van der Waals surface area contributed by atoms with Crippen LogP contribution in [0.25, 0.3) is 0 Å². The molecule has 18 heavy (non-hydrogen) atoms. The Kier molecular flexibility index (Phi) is 5.46. The Balaban J connectivity index is 1.72. The van der Waals surface area contributed by atoms with Gasteiger partial charge in [-0.05, 0) is 45.1 Å². The molecule has 0 aromatic rings. The van der Waals surface area contributed by atoms with Crippen molar-refractivity contribution in [3.63, 3.8) is 0 Å². The number of rotatable bonds is 5. The second-order valence-electron chi connectivity index (χ2n) is 6.21. The van der Waals surface area contributed by atoms with E-state index in [0.717, 1.165) is 32.1 Å². The van der Waals surface area contributed by atoms with Gasteiger partial charge in [0.05, 0.1) is 12.7 Å². The van der Waals surface area contributed by atoms with E-state index in [4.69, 9.17) is 4.74 Å². The van der Waals surface area contributed by atoms with Gasteiger partial charge in [-0.1, -0.05) is 13.3 Å². The van der Waals surface area contributed by atoms with Gasteiger partial charge in [0.25, 0.3) is 0 Å². The normalized spacial score (nSPS) is 35.0. The summed E-state index contributed by atoms with van der Waals surface area (Å²) in [5.74, 6) is 1.31. The Hall–Kier alpha value is -0.120. The van der Waals surface area contributed by atoms with E-state index in [1.54, 1.807) is 0 Å². The Bertz CT molecular complexity index is 233. The Morgan fingerprint density at radius 2 is 1.94 bits per heavy atom. The van der Waals surface area contributed by atoms with Crippen molar-refractivity contribution >= 4 is 0 Å². The molecule has 0 aromatic carbocycles. The van der Waals surface area contributed by atoms with Crippen molar-refractivity contribution in [1.82, 2.24) is 4.90 Å². The summed E-state index contributed by atoms with van der Waals surface area (Å²) >= 11 is 0. The van der Waals surface area contributed by atoms with E-state index in [1.807, 2.05) is 0 Å². The molecule has 1 heterocycles. The van der Waals surface area contributed by atoms with Crippen LogP contribution in [0.5, 0.6) is 0 Å². The van der Waals surface area contributed by atoms with Gasteiger partial charge in [0, 0.05) is 25.1 Å². The molecule has 0 aromatic heterocycles. The minimum absolute atomic E-state index is 0.207. The van der Waals surface area contributed by atoms with E-state index in [-0.39, 0.29) is 6.10 Å². The van der Waals surface area contributed by atoms with Gasteiger partial charge in [-0.2, -0.15) is 0 Å². The van der Waals surface area contributed by atoms with Gasteiger partial charge in [-0.25, -0.2) is 0 Å². The van der Waals surface area contributed by atoms with Crippen LogP contribution in [-0.2, 0) is 4.74 Å². The molecule has 0 amide bonds. The van der Waals surface area contributed by atoms with E-state index in [9.17, 15) is 5.11 Å². The highest BCUT2D eigenvalue weighted by Gasteiger charge is 2.28. The summed E-state index contributed by atoms with van der Waals surface area (Å²) in [7, 11) is 2.18. The predicted molar refractivity (Wildman–Crippen MR) is 73.6 cm³/mol. The van der Waals surface area contributed by atoms with Crippen LogP contribution < -0.4 is 0 Å². The van der Waals surface area contributed by atoms with Crippen LogP contribution in [0.1, 0.15) is 45.4 Å². The molecule has 2 fully saturated rings. The quantitative estimate of drug-likeness (QED) is 0.818. The summed E-state index contributed by atoms with van der Waals surface area (Å²) in [6.45, 7) is 4.69. The minimum Gasteiger partial charge on any atom is -0.391 e. The van der Waals surface area contributed by atoms with Gasteiger partial charge in [-0.3, -0.25) is 0 Å². The van der Waals surface area contributed by atoms with Crippen LogP contribution >= 0.6 is 0 Å². The second kappa shape index (κ2) is 6.88. The van der Waals surface area contributed by atoms with E-state index in [1.165, 1.54) is 32.1 Å². The number of likely N-dealkylation sites (N-methyl/N-ethyl adjacent to an activating group) is 1. The van der Waals surface area contributed by atoms with E-state index < -0.39 is 0 Å². The van der Waals surface area contributed by atoms with Crippen LogP contribution in [0.4, 0.5) is 0 Å². The maximum Gasteiger partial charge on any atom is 0.0718 e. The highest BCUT2D eigenvalue weighted by Crippen LogP contribution is 2.29. The summed E-state index contributed by atoms with van der Waals surface area (Å²) in [6.07, 6.45) is 7.51. The molecule has 1 aliphatic heterocycles. The third-order valence-electron chi connectivity index (χ3n) is 5.00. The van der Waals surface area contributed by atoms with E-state index in [2.05, 4.69) is 18.9 Å². The summed E-state index contributed by atoms with van der Waals surface area (Å²) in [6, 6.07) is 0.685. The van der Waals surface area contributed by atoms with Crippen molar-refractivity contribution < 1.29 is 9.84 Å².